The first-order chi connectivity index (χ1) is 52.7. The number of amides is 3. The molecule has 3 heterocycles. The Bertz CT molecular complexity index is 5220. The predicted molar refractivity (Wildman–Crippen MR) is 433 cm³/mol. The van der Waals surface area contributed by atoms with Gasteiger partial charge < -0.3 is 37.5 Å². The predicted octanol–water partition coefficient (Wildman–Crippen LogP) is 19.8. The number of anilines is 5. The van der Waals surface area contributed by atoms with E-state index < -0.39 is 93.2 Å². The molecule has 3 amide bonds. The minimum atomic E-state index is -4.68. The van der Waals surface area contributed by atoms with Crippen molar-refractivity contribution in [3.63, 3.8) is 0 Å². The second kappa shape index (κ2) is 45.1. The van der Waals surface area contributed by atoms with E-state index in [1.54, 1.807) is 97.1 Å². The van der Waals surface area contributed by atoms with Gasteiger partial charge in [-0.25, -0.2) is 0 Å². The first kappa shape index (κ1) is 99.6. The normalized spacial score (nSPS) is 10.5. The van der Waals surface area contributed by atoms with Gasteiger partial charge in [-0.05, 0) is 213 Å². The number of nitrogens with two attached hydrogens (primary N) is 2. The summed E-state index contributed by atoms with van der Waals surface area (Å²) >= 11 is 33.3. The van der Waals surface area contributed by atoms with Crippen LogP contribution in [0.3, 0.4) is 0 Å². The molecule has 9 N–H and O–H groups in total. The molecule has 11 rings (SSSR count). The van der Waals surface area contributed by atoms with Crippen molar-refractivity contribution in [1.29, 1.82) is 0 Å². The topological polar surface area (TPSA) is 380 Å². The van der Waals surface area contributed by atoms with E-state index >= 15 is 0 Å². The third-order valence-corrected chi connectivity index (χ3v) is 16.7. The fourth-order valence-corrected chi connectivity index (χ4v) is 10.2. The number of hydrogen-bond donors (Lipinski definition) is 7. The monoisotopic (exact) mass is 1980 g/mol. The van der Waals surface area contributed by atoms with Crippen LogP contribution >= 0.6 is 108 Å². The Morgan fingerprint density at radius 2 is 0.748 bits per heavy atom. The summed E-state index contributed by atoms with van der Waals surface area (Å²) < 4.78 is 117. The fourth-order valence-electron chi connectivity index (χ4n) is 8.82. The Balaban J connectivity index is 0.000000368. The van der Waals surface area contributed by atoms with E-state index in [2.05, 4.69) is 63.1 Å². The molecule has 0 aliphatic rings. The quantitative estimate of drug-likeness (QED) is 0.0141. The second-order valence-corrected chi connectivity index (χ2v) is 30.0. The van der Waals surface area contributed by atoms with Crippen LogP contribution in [-0.2, 0) is 39.7 Å². The van der Waals surface area contributed by atoms with Crippen molar-refractivity contribution in [2.45, 2.75) is 33.4 Å². The molecule has 11 aromatic rings. The molecule has 0 unspecified atom stereocenters. The van der Waals surface area contributed by atoms with Crippen LogP contribution in [0.15, 0.2) is 197 Å². The van der Waals surface area contributed by atoms with Crippen molar-refractivity contribution < 1.29 is 83.5 Å². The Hall–Kier alpha value is -9.59. The number of nitro benzene ring substituents is 3. The average molecular weight is 1980 g/mol. The summed E-state index contributed by atoms with van der Waals surface area (Å²) in [7, 11) is 11.8. The van der Waals surface area contributed by atoms with E-state index in [-0.39, 0.29) is 77.5 Å². The number of nitrogens with zero attached hydrogens (tertiary/aromatic N) is 9. The number of carbonyl (C=O) groups is 4. The molecular formula is C69H57BBr2Cl7F9N14O12Sn. The van der Waals surface area contributed by atoms with Gasteiger partial charge in [0.05, 0.1) is 46.3 Å². The third-order valence-electron chi connectivity index (χ3n) is 14.1. The van der Waals surface area contributed by atoms with Crippen LogP contribution in [0.2, 0.25) is 20.1 Å². The molecule has 26 nitrogen and oxygen atoms in total. The first-order valence-corrected chi connectivity index (χ1v) is 41.1. The van der Waals surface area contributed by atoms with Crippen molar-refractivity contribution in [3.8, 4) is 22.5 Å². The van der Waals surface area contributed by atoms with Gasteiger partial charge in [0.1, 0.15) is 0 Å². The molecule has 0 saturated carbocycles. The molecule has 8 aromatic carbocycles. The molecule has 0 atom stereocenters. The summed E-state index contributed by atoms with van der Waals surface area (Å²) in [6.07, 6.45) is -13.8. The van der Waals surface area contributed by atoms with E-state index in [1.165, 1.54) is 87.9 Å². The van der Waals surface area contributed by atoms with Gasteiger partial charge in [0.15, 0.2) is 17.1 Å². The number of nitro groups is 3. The number of rotatable bonds is 13. The summed E-state index contributed by atoms with van der Waals surface area (Å²) in [5, 5.41) is 69.1. The van der Waals surface area contributed by atoms with Crippen LogP contribution in [0.1, 0.15) is 73.4 Å². The number of aryl methyl sites for hydroxylation is 3. The molecule has 3 aromatic heterocycles. The number of benzene rings is 8. The molecule has 0 spiro atoms. The van der Waals surface area contributed by atoms with Crippen LogP contribution in [0.25, 0.3) is 22.5 Å². The maximum absolute atomic E-state index is 12.9. The zero-order valence-electron chi connectivity index (χ0n) is 56.9. The molecule has 0 aliphatic heterocycles. The Morgan fingerprint density at radius 3 is 1.05 bits per heavy atom. The number of halogens is 18. The molecule has 0 saturated heterocycles. The van der Waals surface area contributed by atoms with Gasteiger partial charge in [-0.15, -0.1) is 0 Å². The third kappa shape index (κ3) is 30.8. The van der Waals surface area contributed by atoms with Crippen molar-refractivity contribution in [1.82, 2.24) is 29.3 Å². The van der Waals surface area contributed by atoms with Crippen LogP contribution in [0.4, 0.5) is 85.0 Å². The van der Waals surface area contributed by atoms with Gasteiger partial charge in [-0.1, -0.05) is 61.3 Å². The number of aromatic nitrogens is 6. The van der Waals surface area contributed by atoms with Gasteiger partial charge >= 0.3 is 62.4 Å². The van der Waals surface area contributed by atoms with Crippen LogP contribution in [0, 0.1) is 30.3 Å². The van der Waals surface area contributed by atoms with Crippen LogP contribution in [-0.4, -0.2) is 103 Å². The molecule has 2 radical (unpaired) electrons. The van der Waals surface area contributed by atoms with E-state index in [0.29, 0.717) is 74.4 Å². The van der Waals surface area contributed by atoms with Gasteiger partial charge in [0, 0.05) is 116 Å². The molecular weight excluding hydrogens is 1930 g/mol. The second-order valence-electron chi connectivity index (χ2n) is 21.9. The van der Waals surface area contributed by atoms with E-state index in [0.717, 1.165) is 32.2 Å². The number of carbonyl (C=O) groups excluding carboxylic acids is 4. The Labute approximate surface area is 706 Å². The van der Waals surface area contributed by atoms with E-state index in [4.69, 9.17) is 97.4 Å². The molecule has 0 bridgehead atoms. The number of nitrogen functional groups attached to an aromatic ring is 2. The Kier molecular flexibility index (Phi) is 39.0. The summed E-state index contributed by atoms with van der Waals surface area (Å²) in [5.41, 5.74) is 10.6. The summed E-state index contributed by atoms with van der Waals surface area (Å²) in [6, 6.07) is 44.4. The van der Waals surface area contributed by atoms with Crippen molar-refractivity contribution in [3.05, 3.63) is 287 Å². The average Bonchev–Trinajstić information content (AvgIpc) is 1.71. The first-order valence-electron chi connectivity index (χ1n) is 30.4. The Morgan fingerprint density at radius 1 is 0.452 bits per heavy atom. The minimum absolute atomic E-state index is 0. The number of hydrogen-bond acceptors (Lipinski definition) is 17. The van der Waals surface area contributed by atoms with Crippen molar-refractivity contribution in [2.75, 3.05) is 27.4 Å². The molecule has 0 fully saturated rings. The summed E-state index contributed by atoms with van der Waals surface area (Å²) in [4.78, 5) is 77.8. The zero-order chi connectivity index (χ0) is 84.7. The van der Waals surface area contributed by atoms with Gasteiger partial charge in [-0.2, -0.15) is 54.8 Å². The molecule has 608 valence electrons. The molecule has 46 heteroatoms. The SMILES string of the molecule is C.C.Cn1nc(C(F)(F)F)cc1-c1ccc(NC(=O)c2ccc(Cl)cc2)cc1N.Cn1nc(C(F)(F)F)cc1-c1ccc(NC(=O)c2ccc(Cl)cc2)cc1[N+](=O)[O-].Cn1nc(C(F)(F)F)cc1B(O)O.Nc1ccc(Br)c([N+](=O)[O-])c1.O=C(Cl)c1ccc(Cl)cc1.O=C(Nc1ccc(Br)c([N+](=O)[O-])c1)c1ccc(Cl)cc1.[Cl][Sn][Cl]. The maximum atomic E-state index is 12.9. The van der Waals surface area contributed by atoms with Crippen molar-refractivity contribution >= 4 is 208 Å². The molecule has 115 heavy (non-hydrogen) atoms. The van der Waals surface area contributed by atoms with E-state index in [1.807, 2.05) is 0 Å². The van der Waals surface area contributed by atoms with Gasteiger partial charge in [0.25, 0.3) is 40.0 Å². The zero-order valence-corrected chi connectivity index (χ0v) is 68.3. The van der Waals surface area contributed by atoms with Gasteiger partial charge in [-0.3, -0.25) is 63.6 Å². The van der Waals surface area contributed by atoms with Gasteiger partial charge in [0.2, 0.25) is 0 Å². The van der Waals surface area contributed by atoms with Crippen LogP contribution < -0.4 is 33.0 Å². The van der Waals surface area contributed by atoms with Crippen molar-refractivity contribution in [2.24, 2.45) is 21.1 Å². The fraction of sp³-hybridized carbons (Fsp3) is 0.116. The van der Waals surface area contributed by atoms with Crippen LogP contribution in [0.5, 0.6) is 0 Å². The number of alkyl halides is 9. The van der Waals surface area contributed by atoms with E-state index in [9.17, 15) is 89.0 Å². The standard InChI is InChI=1S/C18H12ClF3N4O3.C18H14ClF3N4O.C13H8BrClN2O3.C7H4Cl2O.C6H5BrN2O2.C5H6BF3N2O2.2CH4.2ClH.Sn/c1-25-14(9-16(24-25)18(20,21)22)13-7-6-12(8-15(13)26(28)29)23-17(27)10-2-4-11(19)5-3-10;1-26-15(9-16(25-26)18(20,21)22)13-7-6-12(8-14(13)23)24-17(27)10-2-4-11(19)5-3-10;14-11-6-5-10(7-12(11)17(19)20)16-13(18)8-1-3-9(15)4-2-8;8-6-3-1-5(2-4-6)7(9)10;7-5-2-1-4(8)3-6(5)9(10)11;1-11-4(6(12)13)2-3(10-11)5(7,8)9;;;;;/h2-9H,1H3,(H,23,27);2-9H,23H2,1H3,(H,24,27);1-7H,(H,16,18);1-4H;1-3H,8H2;2,12-13H,1H3;2*1H4;2*1H;/q;;;;;;;;;;+2/p-2. The molecule has 0 aliphatic carbocycles. The summed E-state index contributed by atoms with van der Waals surface area (Å²) in [6.45, 7) is 0. The summed E-state index contributed by atoms with van der Waals surface area (Å²) in [5.74, 6) is -1.25. The number of nitrogens with one attached hydrogen (secondary N) is 3.